The van der Waals surface area contributed by atoms with E-state index >= 15 is 0 Å². The minimum absolute atomic E-state index is 0.171. The number of anilines is 2. The van der Waals surface area contributed by atoms with Crippen LogP contribution in [0.1, 0.15) is 39.0 Å². The standard InChI is InChI=1S/C25H30FN5O3/c1-24(8-14-30(15-9-24)22-27-11-4-12-28-22)21(32)29-13-3-7-25(10-16-29)18-31(23(33)34-25)20-6-2-5-19(26)17-20/h2,4-6,11-12,17H,3,7-10,13-16,18H2,1H3/t25-/m0/s1. The van der Waals surface area contributed by atoms with E-state index in [0.717, 1.165) is 32.4 Å². The molecule has 3 saturated heterocycles. The minimum atomic E-state index is -0.645. The van der Waals surface area contributed by atoms with E-state index in [4.69, 9.17) is 4.74 Å². The van der Waals surface area contributed by atoms with Crippen LogP contribution in [0.3, 0.4) is 0 Å². The smallest absolute Gasteiger partial charge is 0.415 e. The lowest BCUT2D eigenvalue weighted by Crippen LogP contribution is -2.49. The molecular formula is C25H30FN5O3. The molecule has 3 aliphatic heterocycles. The average molecular weight is 468 g/mol. The zero-order chi connectivity index (χ0) is 23.8. The normalized spacial score (nSPS) is 24.8. The van der Waals surface area contributed by atoms with Crippen molar-refractivity contribution in [3.05, 3.63) is 48.5 Å². The van der Waals surface area contributed by atoms with Crippen molar-refractivity contribution in [3.63, 3.8) is 0 Å². The van der Waals surface area contributed by atoms with Crippen LogP contribution in [0.4, 0.5) is 20.8 Å². The third kappa shape index (κ3) is 4.31. The Hall–Kier alpha value is -3.23. The van der Waals surface area contributed by atoms with Gasteiger partial charge < -0.3 is 14.5 Å². The molecule has 1 aromatic heterocycles. The highest BCUT2D eigenvalue weighted by atomic mass is 19.1. The number of halogens is 1. The van der Waals surface area contributed by atoms with Gasteiger partial charge in [-0.2, -0.15) is 0 Å². The molecule has 0 radical (unpaired) electrons. The van der Waals surface area contributed by atoms with E-state index in [9.17, 15) is 14.0 Å². The van der Waals surface area contributed by atoms with Gasteiger partial charge in [0.05, 0.1) is 12.2 Å². The van der Waals surface area contributed by atoms with E-state index in [1.165, 1.54) is 17.0 Å². The van der Waals surface area contributed by atoms with E-state index in [0.29, 0.717) is 44.1 Å². The number of hydrogen-bond donors (Lipinski definition) is 0. The number of likely N-dealkylation sites (tertiary alicyclic amines) is 1. The number of rotatable bonds is 3. The van der Waals surface area contributed by atoms with Gasteiger partial charge in [-0.3, -0.25) is 9.69 Å². The predicted molar refractivity (Wildman–Crippen MR) is 125 cm³/mol. The first-order valence-electron chi connectivity index (χ1n) is 12.0. The molecule has 0 unspecified atom stereocenters. The van der Waals surface area contributed by atoms with Gasteiger partial charge in [-0.25, -0.2) is 19.2 Å². The van der Waals surface area contributed by atoms with Gasteiger partial charge in [0.1, 0.15) is 11.4 Å². The van der Waals surface area contributed by atoms with Crippen molar-refractivity contribution in [3.8, 4) is 0 Å². The van der Waals surface area contributed by atoms with Crippen LogP contribution in [-0.4, -0.2) is 65.2 Å². The maximum absolute atomic E-state index is 13.7. The maximum atomic E-state index is 13.7. The van der Waals surface area contributed by atoms with Crippen LogP contribution in [-0.2, 0) is 9.53 Å². The van der Waals surface area contributed by atoms with Crippen LogP contribution in [0.15, 0.2) is 42.7 Å². The second-order valence-corrected chi connectivity index (χ2v) is 9.86. The zero-order valence-electron chi connectivity index (χ0n) is 19.5. The van der Waals surface area contributed by atoms with Crippen molar-refractivity contribution < 1.29 is 18.7 Å². The lowest BCUT2D eigenvalue weighted by Gasteiger charge is -2.41. The number of carbonyl (C=O) groups excluding carboxylic acids is 2. The fraction of sp³-hybridized carbons (Fsp3) is 0.520. The maximum Gasteiger partial charge on any atom is 0.415 e. The number of aromatic nitrogens is 2. The summed E-state index contributed by atoms with van der Waals surface area (Å²) in [7, 11) is 0. The fourth-order valence-electron chi connectivity index (χ4n) is 5.35. The largest absolute Gasteiger partial charge is 0.441 e. The molecule has 1 aromatic carbocycles. The van der Waals surface area contributed by atoms with E-state index < -0.39 is 17.1 Å². The van der Waals surface area contributed by atoms with Crippen LogP contribution in [0.2, 0.25) is 0 Å². The van der Waals surface area contributed by atoms with Gasteiger partial charge in [0.25, 0.3) is 0 Å². The van der Waals surface area contributed by atoms with Crippen LogP contribution in [0, 0.1) is 11.2 Å². The third-order valence-electron chi connectivity index (χ3n) is 7.49. The number of piperidine rings is 1. The Labute approximate surface area is 198 Å². The Morgan fingerprint density at radius 2 is 1.79 bits per heavy atom. The molecule has 180 valence electrons. The molecule has 0 saturated carbocycles. The molecule has 8 nitrogen and oxygen atoms in total. The van der Waals surface area contributed by atoms with Crippen molar-refractivity contribution in [2.45, 2.75) is 44.6 Å². The summed E-state index contributed by atoms with van der Waals surface area (Å²) < 4.78 is 19.5. The van der Waals surface area contributed by atoms with Crippen molar-refractivity contribution in [1.29, 1.82) is 0 Å². The molecule has 5 rings (SSSR count). The highest BCUT2D eigenvalue weighted by molar-refractivity contribution is 5.90. The Bertz CT molecular complexity index is 1060. The molecule has 2 amide bonds. The Morgan fingerprint density at radius 1 is 1.03 bits per heavy atom. The van der Waals surface area contributed by atoms with Gasteiger partial charge >= 0.3 is 6.09 Å². The summed E-state index contributed by atoms with van der Waals surface area (Å²) in [6, 6.07) is 7.80. The lowest BCUT2D eigenvalue weighted by molar-refractivity contribution is -0.142. The van der Waals surface area contributed by atoms with Gasteiger partial charge in [-0.1, -0.05) is 13.0 Å². The van der Waals surface area contributed by atoms with Gasteiger partial charge in [0.15, 0.2) is 0 Å². The summed E-state index contributed by atoms with van der Waals surface area (Å²) in [5.74, 6) is 0.492. The molecular weight excluding hydrogens is 437 g/mol. The molecule has 0 aliphatic carbocycles. The van der Waals surface area contributed by atoms with E-state index in [1.807, 2.05) is 4.90 Å². The second kappa shape index (κ2) is 8.85. The molecule has 0 bridgehead atoms. The van der Waals surface area contributed by atoms with E-state index in [2.05, 4.69) is 21.8 Å². The molecule has 2 aromatic rings. The van der Waals surface area contributed by atoms with E-state index in [-0.39, 0.29) is 11.7 Å². The summed E-state index contributed by atoms with van der Waals surface area (Å²) in [5, 5.41) is 0. The molecule has 1 spiro atoms. The minimum Gasteiger partial charge on any atom is -0.441 e. The van der Waals surface area contributed by atoms with Crippen molar-refractivity contribution in [2.24, 2.45) is 5.41 Å². The summed E-state index contributed by atoms with van der Waals surface area (Å²) in [6.07, 6.45) is 6.53. The number of amides is 2. The topological polar surface area (TPSA) is 78.9 Å². The fourth-order valence-corrected chi connectivity index (χ4v) is 5.35. The zero-order valence-corrected chi connectivity index (χ0v) is 19.5. The molecule has 34 heavy (non-hydrogen) atoms. The first-order valence-corrected chi connectivity index (χ1v) is 12.0. The summed E-state index contributed by atoms with van der Waals surface area (Å²) in [5.41, 5.74) is -0.573. The quantitative estimate of drug-likeness (QED) is 0.686. The van der Waals surface area contributed by atoms with Gasteiger partial charge in [-0.05, 0) is 49.9 Å². The van der Waals surface area contributed by atoms with Crippen molar-refractivity contribution in [2.75, 3.05) is 42.5 Å². The Kier molecular flexibility index (Phi) is 5.87. The number of hydrogen-bond acceptors (Lipinski definition) is 6. The Balaban J connectivity index is 1.22. The molecule has 3 aliphatic rings. The monoisotopic (exact) mass is 467 g/mol. The highest BCUT2D eigenvalue weighted by Crippen LogP contribution is 2.38. The van der Waals surface area contributed by atoms with Gasteiger partial charge in [0.2, 0.25) is 11.9 Å². The summed E-state index contributed by atoms with van der Waals surface area (Å²) in [4.78, 5) is 40.4. The number of ether oxygens (including phenoxy) is 1. The lowest BCUT2D eigenvalue weighted by atomic mass is 9.79. The molecule has 4 heterocycles. The summed E-state index contributed by atoms with van der Waals surface area (Å²) in [6.45, 7) is 5.11. The SMILES string of the molecule is CC1(C(=O)N2CCC[C@]3(CC2)CN(c2cccc(F)c2)C(=O)O3)CCN(c2ncccn2)CC1. The molecule has 9 heteroatoms. The molecule has 3 fully saturated rings. The second-order valence-electron chi connectivity index (χ2n) is 9.86. The summed E-state index contributed by atoms with van der Waals surface area (Å²) >= 11 is 0. The third-order valence-corrected chi connectivity index (χ3v) is 7.49. The molecule has 1 atom stereocenters. The van der Waals surface area contributed by atoms with Gasteiger partial charge in [0, 0.05) is 50.4 Å². The van der Waals surface area contributed by atoms with Crippen LogP contribution in [0.25, 0.3) is 0 Å². The Morgan fingerprint density at radius 3 is 2.53 bits per heavy atom. The van der Waals surface area contributed by atoms with E-state index in [1.54, 1.807) is 30.6 Å². The van der Waals surface area contributed by atoms with Gasteiger partial charge in [-0.15, -0.1) is 0 Å². The first kappa shape index (κ1) is 22.6. The number of carbonyl (C=O) groups is 2. The van der Waals surface area contributed by atoms with Crippen LogP contribution < -0.4 is 9.80 Å². The number of nitrogens with zero attached hydrogens (tertiary/aromatic N) is 5. The molecule has 0 N–H and O–H groups in total. The number of benzene rings is 1. The van der Waals surface area contributed by atoms with Crippen LogP contribution >= 0.6 is 0 Å². The van der Waals surface area contributed by atoms with Crippen molar-refractivity contribution in [1.82, 2.24) is 14.9 Å². The first-order chi connectivity index (χ1) is 16.4. The predicted octanol–water partition coefficient (Wildman–Crippen LogP) is 3.63. The van der Waals surface area contributed by atoms with Crippen LogP contribution in [0.5, 0.6) is 0 Å². The highest BCUT2D eigenvalue weighted by Gasteiger charge is 2.48. The van der Waals surface area contributed by atoms with Crippen molar-refractivity contribution >= 4 is 23.6 Å². The average Bonchev–Trinajstić information content (AvgIpc) is 3.03.